The van der Waals surface area contributed by atoms with Crippen LogP contribution in [0.3, 0.4) is 0 Å². The van der Waals surface area contributed by atoms with Crippen LogP contribution < -0.4 is 10.1 Å². The molecule has 0 spiro atoms. The summed E-state index contributed by atoms with van der Waals surface area (Å²) in [6, 6.07) is 15.5. The highest BCUT2D eigenvalue weighted by atomic mass is 16.5. The monoisotopic (exact) mass is 429 g/mol. The maximum atomic E-state index is 12.5. The van der Waals surface area contributed by atoms with E-state index in [0.717, 1.165) is 29.7 Å². The zero-order chi connectivity index (χ0) is 22.2. The van der Waals surface area contributed by atoms with E-state index in [-0.39, 0.29) is 11.9 Å². The number of amides is 2. The number of anilines is 1. The van der Waals surface area contributed by atoms with E-state index < -0.39 is 0 Å². The molecule has 1 fully saturated rings. The molecule has 0 saturated carbocycles. The lowest BCUT2D eigenvalue weighted by molar-refractivity contribution is 0.197. The molecule has 2 aromatic heterocycles. The summed E-state index contributed by atoms with van der Waals surface area (Å²) in [6.45, 7) is 4.10. The van der Waals surface area contributed by atoms with Gasteiger partial charge in [0, 0.05) is 38.1 Å². The van der Waals surface area contributed by atoms with Gasteiger partial charge in [-0.1, -0.05) is 36.8 Å². The number of carbonyl (C=O) groups excluding carboxylic acids is 1. The molecule has 0 radical (unpaired) electrons. The Kier molecular flexibility index (Phi) is 7.07. The van der Waals surface area contributed by atoms with E-state index >= 15 is 0 Å². The summed E-state index contributed by atoms with van der Waals surface area (Å²) in [4.78, 5) is 18.5. The Morgan fingerprint density at radius 2 is 2.12 bits per heavy atom. The zero-order valence-corrected chi connectivity index (χ0v) is 18.1. The number of carbonyl (C=O) groups is 1. The van der Waals surface area contributed by atoms with E-state index in [1.807, 2.05) is 29.3 Å². The van der Waals surface area contributed by atoms with Crippen LogP contribution in [0.15, 0.2) is 72.7 Å². The van der Waals surface area contributed by atoms with Crippen molar-refractivity contribution in [3.63, 3.8) is 0 Å². The summed E-state index contributed by atoms with van der Waals surface area (Å²) in [5.74, 6) is 1.59. The van der Waals surface area contributed by atoms with E-state index in [1.54, 1.807) is 24.5 Å². The minimum absolute atomic E-state index is 0.139. The van der Waals surface area contributed by atoms with Gasteiger partial charge in [-0.3, -0.25) is 10.3 Å². The Morgan fingerprint density at radius 3 is 2.91 bits per heavy atom. The number of urea groups is 1. The molecule has 7 nitrogen and oxygen atoms in total. The molecule has 1 atom stereocenters. The lowest BCUT2D eigenvalue weighted by atomic mass is 9.91. The summed E-state index contributed by atoms with van der Waals surface area (Å²) < 4.78 is 5.94. The molecular formula is C25H27N5O2. The van der Waals surface area contributed by atoms with Crippen LogP contribution in [-0.2, 0) is 6.42 Å². The first kappa shape index (κ1) is 21.5. The van der Waals surface area contributed by atoms with Gasteiger partial charge < -0.3 is 9.64 Å². The highest BCUT2D eigenvalue weighted by molar-refractivity contribution is 5.88. The van der Waals surface area contributed by atoms with Crippen molar-refractivity contribution in [3.05, 3.63) is 83.8 Å². The molecule has 1 N–H and O–H groups in total. The first-order valence-corrected chi connectivity index (χ1v) is 10.8. The third kappa shape index (κ3) is 5.91. The molecule has 4 rings (SSSR count). The molecule has 0 aliphatic carbocycles. The number of aromatic nitrogens is 3. The second kappa shape index (κ2) is 10.5. The van der Waals surface area contributed by atoms with E-state index in [0.29, 0.717) is 25.5 Å². The Morgan fingerprint density at radius 1 is 1.22 bits per heavy atom. The molecule has 7 heteroatoms. The van der Waals surface area contributed by atoms with Crippen molar-refractivity contribution in [2.45, 2.75) is 19.8 Å². The summed E-state index contributed by atoms with van der Waals surface area (Å²) in [5.41, 5.74) is 3.61. The third-order valence-corrected chi connectivity index (χ3v) is 5.48. The number of nitrogens with one attached hydrogen (secondary N) is 1. The van der Waals surface area contributed by atoms with Crippen LogP contribution in [-0.4, -0.2) is 45.8 Å². The fourth-order valence-electron chi connectivity index (χ4n) is 3.75. The lowest BCUT2D eigenvalue weighted by Gasteiger charge is -2.33. The van der Waals surface area contributed by atoms with E-state index in [1.165, 1.54) is 5.57 Å². The molecule has 3 aromatic rings. The highest BCUT2D eigenvalue weighted by Gasteiger charge is 2.24. The standard InChI is InChI=1S/C25H27N5O2/c1-19-18-30(25(31)28-24-8-4-12-27-29-24)13-9-22(19)15-21-5-2-7-23(16-21)32-14-10-20-6-3-11-26-17-20/h2-8,11-12,15-17,19H,9-10,13-14,18H2,1H3,(H,28,29,31)/b22-15+. The summed E-state index contributed by atoms with van der Waals surface area (Å²) in [7, 11) is 0. The number of hydrogen-bond acceptors (Lipinski definition) is 5. The molecule has 2 amide bonds. The second-order valence-electron chi connectivity index (χ2n) is 7.89. The second-order valence-corrected chi connectivity index (χ2v) is 7.89. The van der Waals surface area contributed by atoms with Crippen LogP contribution in [0.1, 0.15) is 24.5 Å². The first-order valence-electron chi connectivity index (χ1n) is 10.8. The van der Waals surface area contributed by atoms with Crippen LogP contribution >= 0.6 is 0 Å². The summed E-state index contributed by atoms with van der Waals surface area (Å²) >= 11 is 0. The van der Waals surface area contributed by atoms with Gasteiger partial charge in [-0.05, 0) is 53.8 Å². The first-order chi connectivity index (χ1) is 15.7. The van der Waals surface area contributed by atoms with Crippen molar-refractivity contribution in [2.24, 2.45) is 5.92 Å². The smallest absolute Gasteiger partial charge is 0.323 e. The van der Waals surface area contributed by atoms with Crippen LogP contribution in [0.2, 0.25) is 0 Å². The van der Waals surface area contributed by atoms with Gasteiger partial charge in [0.25, 0.3) is 0 Å². The number of likely N-dealkylation sites (tertiary alicyclic amines) is 1. The SMILES string of the molecule is CC1CN(C(=O)Nc2cccnn2)CC/C1=C\c1cccc(OCCc2cccnc2)c1. The Balaban J connectivity index is 1.32. The fraction of sp³-hybridized carbons (Fsp3) is 0.280. The Labute approximate surface area is 188 Å². The van der Waals surface area contributed by atoms with Crippen LogP contribution in [0, 0.1) is 5.92 Å². The largest absolute Gasteiger partial charge is 0.493 e. The predicted octanol–water partition coefficient (Wildman–Crippen LogP) is 4.45. The number of hydrogen-bond donors (Lipinski definition) is 1. The molecule has 1 aromatic carbocycles. The minimum atomic E-state index is -0.139. The zero-order valence-electron chi connectivity index (χ0n) is 18.1. The van der Waals surface area contributed by atoms with Crippen molar-refractivity contribution in [1.82, 2.24) is 20.1 Å². The highest BCUT2D eigenvalue weighted by Crippen LogP contribution is 2.26. The van der Waals surface area contributed by atoms with E-state index in [2.05, 4.69) is 51.7 Å². The lowest BCUT2D eigenvalue weighted by Crippen LogP contribution is -2.42. The molecule has 32 heavy (non-hydrogen) atoms. The Bertz CT molecular complexity index is 1060. The number of rotatable bonds is 6. The van der Waals surface area contributed by atoms with Crippen LogP contribution in [0.25, 0.3) is 6.08 Å². The van der Waals surface area contributed by atoms with Crippen molar-refractivity contribution < 1.29 is 9.53 Å². The number of ether oxygens (including phenoxy) is 1. The molecular weight excluding hydrogens is 402 g/mol. The quantitative estimate of drug-likeness (QED) is 0.626. The van der Waals surface area contributed by atoms with Gasteiger partial charge >= 0.3 is 6.03 Å². The molecule has 1 unspecified atom stereocenters. The fourth-order valence-corrected chi connectivity index (χ4v) is 3.75. The average molecular weight is 430 g/mol. The van der Waals surface area contributed by atoms with E-state index in [9.17, 15) is 4.79 Å². The minimum Gasteiger partial charge on any atom is -0.493 e. The normalized spacial score (nSPS) is 17.2. The molecule has 0 bridgehead atoms. The molecule has 3 heterocycles. The van der Waals surface area contributed by atoms with E-state index in [4.69, 9.17) is 4.74 Å². The predicted molar refractivity (Wildman–Crippen MR) is 124 cm³/mol. The average Bonchev–Trinajstić information content (AvgIpc) is 2.82. The summed E-state index contributed by atoms with van der Waals surface area (Å²) in [5, 5.41) is 10.5. The Hall–Kier alpha value is -3.74. The van der Waals surface area contributed by atoms with Gasteiger partial charge in [-0.15, -0.1) is 5.10 Å². The number of benzene rings is 1. The van der Waals surface area contributed by atoms with Crippen molar-refractivity contribution in [1.29, 1.82) is 0 Å². The third-order valence-electron chi connectivity index (χ3n) is 5.48. The van der Waals surface area contributed by atoms with Crippen molar-refractivity contribution in [3.8, 4) is 5.75 Å². The van der Waals surface area contributed by atoms with Crippen molar-refractivity contribution in [2.75, 3.05) is 25.0 Å². The number of piperidine rings is 1. The van der Waals surface area contributed by atoms with Crippen LogP contribution in [0.4, 0.5) is 10.6 Å². The van der Waals surface area contributed by atoms with Gasteiger partial charge in [0.15, 0.2) is 5.82 Å². The van der Waals surface area contributed by atoms with Gasteiger partial charge in [0.05, 0.1) is 6.61 Å². The van der Waals surface area contributed by atoms with Gasteiger partial charge in [0.1, 0.15) is 5.75 Å². The van der Waals surface area contributed by atoms with Crippen molar-refractivity contribution >= 4 is 17.9 Å². The maximum Gasteiger partial charge on any atom is 0.323 e. The number of nitrogens with zero attached hydrogens (tertiary/aromatic N) is 4. The van der Waals surface area contributed by atoms with Crippen LogP contribution in [0.5, 0.6) is 5.75 Å². The molecule has 164 valence electrons. The van der Waals surface area contributed by atoms with Gasteiger partial charge in [-0.25, -0.2) is 4.79 Å². The van der Waals surface area contributed by atoms with Gasteiger partial charge in [-0.2, -0.15) is 5.10 Å². The van der Waals surface area contributed by atoms with Gasteiger partial charge in [0.2, 0.25) is 0 Å². The topological polar surface area (TPSA) is 80.2 Å². The maximum absolute atomic E-state index is 12.5. The molecule has 1 aliphatic rings. The summed E-state index contributed by atoms with van der Waals surface area (Å²) in [6.07, 6.45) is 9.10. The number of pyridine rings is 1. The molecule has 1 saturated heterocycles. The molecule has 1 aliphatic heterocycles.